The number of hydrogen-bond acceptors (Lipinski definition) is 2. The van der Waals surface area contributed by atoms with Crippen LogP contribution >= 0.6 is 39.1 Å². The minimum absolute atomic E-state index is 0.455. The Morgan fingerprint density at radius 2 is 1.79 bits per heavy atom. The first-order valence-electron chi connectivity index (χ1n) is 5.81. The molecule has 0 saturated carbocycles. The zero-order valence-corrected chi connectivity index (χ0v) is 13.4. The third kappa shape index (κ3) is 3.35. The molecule has 0 aliphatic heterocycles. The van der Waals surface area contributed by atoms with Gasteiger partial charge in [0.1, 0.15) is 0 Å². The van der Waals surface area contributed by atoms with Crippen molar-refractivity contribution in [3.05, 3.63) is 50.4 Å². The van der Waals surface area contributed by atoms with E-state index in [9.17, 15) is 0 Å². The molecule has 100 valence electrons. The van der Waals surface area contributed by atoms with Crippen LogP contribution in [0.25, 0.3) is 0 Å². The molecule has 2 aromatic carbocycles. The van der Waals surface area contributed by atoms with E-state index in [0.29, 0.717) is 15.7 Å². The highest BCUT2D eigenvalue weighted by molar-refractivity contribution is 9.10. The third-order valence-corrected chi connectivity index (χ3v) is 4.03. The first-order chi connectivity index (χ1) is 9.01. The summed E-state index contributed by atoms with van der Waals surface area (Å²) in [6.07, 6.45) is 0.920. The maximum Gasteiger partial charge on any atom is 0.0634 e. The van der Waals surface area contributed by atoms with Gasteiger partial charge in [-0.15, -0.1) is 0 Å². The normalized spacial score (nSPS) is 10.5. The molecule has 2 rings (SSSR count). The Morgan fingerprint density at radius 3 is 2.47 bits per heavy atom. The highest BCUT2D eigenvalue weighted by Gasteiger charge is 2.08. The van der Waals surface area contributed by atoms with Crippen LogP contribution in [-0.2, 0) is 6.42 Å². The molecule has 5 heteroatoms. The first-order valence-corrected chi connectivity index (χ1v) is 7.36. The van der Waals surface area contributed by atoms with E-state index in [1.54, 1.807) is 12.1 Å². The molecule has 3 N–H and O–H groups in total. The van der Waals surface area contributed by atoms with Crippen LogP contribution in [0.3, 0.4) is 0 Å². The molecule has 0 bridgehead atoms. The highest BCUT2D eigenvalue weighted by Crippen LogP contribution is 2.33. The number of anilines is 3. The minimum atomic E-state index is 0.455. The first kappa shape index (κ1) is 14.5. The van der Waals surface area contributed by atoms with Gasteiger partial charge in [0.15, 0.2) is 0 Å². The van der Waals surface area contributed by atoms with Gasteiger partial charge in [0, 0.05) is 10.2 Å². The SMILES string of the molecule is CCc1cc(Br)ccc1Nc1cc(Cl)c(Cl)cc1N. The molecule has 0 radical (unpaired) electrons. The lowest BCUT2D eigenvalue weighted by molar-refractivity contribution is 1.14. The number of rotatable bonds is 3. The number of aryl methyl sites for hydroxylation is 1. The zero-order valence-electron chi connectivity index (χ0n) is 10.3. The van der Waals surface area contributed by atoms with Crippen LogP contribution in [0.5, 0.6) is 0 Å². The largest absolute Gasteiger partial charge is 0.397 e. The van der Waals surface area contributed by atoms with Gasteiger partial charge < -0.3 is 11.1 Å². The van der Waals surface area contributed by atoms with Crippen molar-refractivity contribution in [3.8, 4) is 0 Å². The molecule has 0 atom stereocenters. The van der Waals surface area contributed by atoms with Gasteiger partial charge in [-0.05, 0) is 42.3 Å². The summed E-state index contributed by atoms with van der Waals surface area (Å²) < 4.78 is 1.05. The van der Waals surface area contributed by atoms with Crippen molar-refractivity contribution in [3.63, 3.8) is 0 Å². The average Bonchev–Trinajstić information content (AvgIpc) is 2.37. The molecular weight excluding hydrogens is 347 g/mol. The molecule has 2 aromatic rings. The van der Waals surface area contributed by atoms with Crippen molar-refractivity contribution in [1.82, 2.24) is 0 Å². The van der Waals surface area contributed by atoms with E-state index in [1.807, 2.05) is 12.1 Å². The van der Waals surface area contributed by atoms with Gasteiger partial charge in [-0.1, -0.05) is 46.1 Å². The Hall–Kier alpha value is -0.900. The van der Waals surface area contributed by atoms with Crippen LogP contribution in [0.1, 0.15) is 12.5 Å². The maximum absolute atomic E-state index is 6.02. The Morgan fingerprint density at radius 1 is 1.11 bits per heavy atom. The van der Waals surface area contributed by atoms with Crippen molar-refractivity contribution in [2.75, 3.05) is 11.1 Å². The van der Waals surface area contributed by atoms with Crippen LogP contribution in [0.15, 0.2) is 34.8 Å². The van der Waals surface area contributed by atoms with Crippen molar-refractivity contribution in [2.24, 2.45) is 0 Å². The minimum Gasteiger partial charge on any atom is -0.397 e. The topological polar surface area (TPSA) is 38.0 Å². The van der Waals surface area contributed by atoms with Crippen molar-refractivity contribution in [1.29, 1.82) is 0 Å². The number of halogens is 3. The summed E-state index contributed by atoms with van der Waals surface area (Å²) in [4.78, 5) is 0. The van der Waals surface area contributed by atoms with Crippen LogP contribution in [0, 0.1) is 0 Å². The van der Waals surface area contributed by atoms with Crippen LogP contribution < -0.4 is 11.1 Å². The molecule has 0 amide bonds. The lowest BCUT2D eigenvalue weighted by Gasteiger charge is -2.14. The van der Waals surface area contributed by atoms with Crippen LogP contribution in [0.2, 0.25) is 10.0 Å². The van der Waals surface area contributed by atoms with E-state index in [2.05, 4.69) is 34.2 Å². The van der Waals surface area contributed by atoms with Crippen molar-refractivity contribution >= 4 is 56.2 Å². The Bertz CT molecular complexity index is 615. The van der Waals surface area contributed by atoms with Crippen molar-refractivity contribution < 1.29 is 0 Å². The predicted molar refractivity (Wildman–Crippen MR) is 87.7 cm³/mol. The van der Waals surface area contributed by atoms with E-state index in [1.165, 1.54) is 5.56 Å². The zero-order chi connectivity index (χ0) is 14.0. The molecule has 0 heterocycles. The van der Waals surface area contributed by atoms with Crippen LogP contribution in [-0.4, -0.2) is 0 Å². The number of nitrogen functional groups attached to an aromatic ring is 1. The fraction of sp³-hybridized carbons (Fsp3) is 0.143. The molecule has 0 spiro atoms. The van der Waals surface area contributed by atoms with Gasteiger partial charge >= 0.3 is 0 Å². The van der Waals surface area contributed by atoms with Crippen LogP contribution in [0.4, 0.5) is 17.1 Å². The van der Waals surface area contributed by atoms with E-state index in [4.69, 9.17) is 28.9 Å². The fourth-order valence-electron chi connectivity index (χ4n) is 1.79. The summed E-state index contributed by atoms with van der Waals surface area (Å²) >= 11 is 15.4. The second kappa shape index (κ2) is 6.04. The maximum atomic E-state index is 6.02. The van der Waals surface area contributed by atoms with Gasteiger partial charge in [-0.3, -0.25) is 0 Å². The quantitative estimate of drug-likeness (QED) is 0.695. The molecule has 0 aromatic heterocycles. The third-order valence-electron chi connectivity index (χ3n) is 2.81. The standard InChI is InChI=1S/C14H13BrCl2N2/c1-2-8-5-9(15)3-4-13(8)19-14-7-11(17)10(16)6-12(14)18/h3-7,19H,2,18H2,1H3. The smallest absolute Gasteiger partial charge is 0.0634 e. The fourth-order valence-corrected chi connectivity index (χ4v) is 2.54. The second-order valence-electron chi connectivity index (χ2n) is 4.13. The summed E-state index contributed by atoms with van der Waals surface area (Å²) in [6, 6.07) is 9.45. The average molecular weight is 360 g/mol. The molecule has 0 aliphatic rings. The van der Waals surface area contributed by atoms with E-state index in [-0.39, 0.29) is 0 Å². The highest BCUT2D eigenvalue weighted by atomic mass is 79.9. The monoisotopic (exact) mass is 358 g/mol. The molecule has 0 saturated heterocycles. The summed E-state index contributed by atoms with van der Waals surface area (Å²) in [6.45, 7) is 2.10. The predicted octanol–water partition coefficient (Wildman–Crippen LogP) is 5.64. The Kier molecular flexibility index (Phi) is 4.61. The molecular formula is C14H13BrCl2N2. The van der Waals surface area contributed by atoms with Gasteiger partial charge in [0.25, 0.3) is 0 Å². The summed E-state index contributed by atoms with van der Waals surface area (Å²) in [5, 5.41) is 4.23. The summed E-state index contributed by atoms with van der Waals surface area (Å²) in [5.41, 5.74) is 9.47. The second-order valence-corrected chi connectivity index (χ2v) is 5.86. The molecule has 2 nitrogen and oxygen atoms in total. The lowest BCUT2D eigenvalue weighted by Crippen LogP contribution is -1.99. The van der Waals surface area contributed by atoms with E-state index in [0.717, 1.165) is 22.3 Å². The van der Waals surface area contributed by atoms with Gasteiger partial charge in [-0.25, -0.2) is 0 Å². The molecule has 0 aliphatic carbocycles. The Labute approximate surface area is 131 Å². The van der Waals surface area contributed by atoms with Gasteiger partial charge in [0.05, 0.1) is 21.4 Å². The van der Waals surface area contributed by atoms with Gasteiger partial charge in [-0.2, -0.15) is 0 Å². The number of hydrogen-bond donors (Lipinski definition) is 2. The lowest BCUT2D eigenvalue weighted by atomic mass is 10.1. The summed E-state index contributed by atoms with van der Waals surface area (Å²) in [7, 11) is 0. The Balaban J connectivity index is 2.39. The summed E-state index contributed by atoms with van der Waals surface area (Å²) in [5.74, 6) is 0. The number of benzene rings is 2. The number of nitrogens with one attached hydrogen (secondary N) is 1. The number of nitrogens with two attached hydrogens (primary N) is 1. The molecule has 0 unspecified atom stereocenters. The van der Waals surface area contributed by atoms with E-state index < -0.39 is 0 Å². The van der Waals surface area contributed by atoms with E-state index >= 15 is 0 Å². The van der Waals surface area contributed by atoms with Gasteiger partial charge in [0.2, 0.25) is 0 Å². The molecule has 19 heavy (non-hydrogen) atoms. The van der Waals surface area contributed by atoms with Crippen molar-refractivity contribution in [2.45, 2.75) is 13.3 Å². The molecule has 0 fully saturated rings.